The van der Waals surface area contributed by atoms with Gasteiger partial charge < -0.3 is 9.47 Å². The van der Waals surface area contributed by atoms with Gasteiger partial charge in [-0.15, -0.1) is 0 Å². The molecule has 0 aliphatic heterocycles. The second-order valence-corrected chi connectivity index (χ2v) is 11.0. The van der Waals surface area contributed by atoms with E-state index in [0.29, 0.717) is 39.2 Å². The summed E-state index contributed by atoms with van der Waals surface area (Å²) in [6.45, 7) is 3.83. The zero-order valence-corrected chi connectivity index (χ0v) is 21.5. The van der Waals surface area contributed by atoms with Crippen molar-refractivity contribution in [1.29, 1.82) is 0 Å². The first-order valence-corrected chi connectivity index (χ1v) is 13.5. The minimum Gasteiger partial charge on any atom is -0.382 e. The van der Waals surface area contributed by atoms with Gasteiger partial charge in [0.2, 0.25) is 10.0 Å². The first kappa shape index (κ1) is 26.2. The molecule has 4 rings (SSSR count). The average Bonchev–Trinajstić information content (AvgIpc) is 3.30. The summed E-state index contributed by atoms with van der Waals surface area (Å²) in [5, 5.41) is 4.54. The van der Waals surface area contributed by atoms with Crippen LogP contribution in [0.1, 0.15) is 24.6 Å². The number of rotatable bonds is 12. The first-order chi connectivity index (χ1) is 17.4. The zero-order valence-electron chi connectivity index (χ0n) is 20.6. The lowest BCUT2D eigenvalue weighted by atomic mass is 9.78. The molecule has 2 aromatic carbocycles. The normalized spacial score (nSPS) is 17.4. The summed E-state index contributed by atoms with van der Waals surface area (Å²) in [7, 11) is -2.08. The molecule has 1 aliphatic carbocycles. The van der Waals surface area contributed by atoms with Gasteiger partial charge in [0, 0.05) is 25.6 Å². The van der Waals surface area contributed by atoms with Crippen molar-refractivity contribution >= 4 is 16.1 Å². The van der Waals surface area contributed by atoms with E-state index in [4.69, 9.17) is 9.47 Å². The van der Waals surface area contributed by atoms with Crippen molar-refractivity contribution in [2.45, 2.75) is 24.7 Å². The minimum atomic E-state index is -3.69. The molecule has 36 heavy (non-hydrogen) atoms. The van der Waals surface area contributed by atoms with E-state index in [1.54, 1.807) is 64.8 Å². The number of hydrogen-bond acceptors (Lipinski definition) is 5. The Balaban J connectivity index is 1.66. The van der Waals surface area contributed by atoms with E-state index in [9.17, 15) is 12.8 Å². The number of aromatic nitrogens is 2. The highest BCUT2D eigenvalue weighted by Crippen LogP contribution is 2.36. The molecule has 0 unspecified atom stereocenters. The highest BCUT2D eigenvalue weighted by molar-refractivity contribution is 7.89. The Morgan fingerprint density at radius 2 is 1.86 bits per heavy atom. The molecule has 0 bridgehead atoms. The Morgan fingerprint density at radius 1 is 1.11 bits per heavy atom. The number of methoxy groups -OCH3 is 1. The van der Waals surface area contributed by atoms with Crippen molar-refractivity contribution in [3.63, 3.8) is 0 Å². The maximum absolute atomic E-state index is 13.6. The lowest BCUT2D eigenvalue weighted by Gasteiger charge is -2.37. The fourth-order valence-corrected chi connectivity index (χ4v) is 6.13. The average molecular weight is 514 g/mol. The van der Waals surface area contributed by atoms with Crippen LogP contribution in [-0.4, -0.2) is 62.5 Å². The number of sulfonamides is 1. The highest BCUT2D eigenvalue weighted by atomic mass is 32.2. The molecule has 3 aromatic rings. The van der Waals surface area contributed by atoms with Gasteiger partial charge in [0.1, 0.15) is 5.82 Å². The molecule has 0 N–H and O–H groups in total. The van der Waals surface area contributed by atoms with Crippen molar-refractivity contribution in [3.05, 3.63) is 83.9 Å². The Hall–Kier alpha value is -2.85. The fraction of sp³-hybridized carbons (Fsp3) is 0.370. The molecule has 1 atom stereocenters. The van der Waals surface area contributed by atoms with Gasteiger partial charge >= 0.3 is 0 Å². The topological polar surface area (TPSA) is 73.7 Å². The van der Waals surface area contributed by atoms with Crippen LogP contribution in [0.15, 0.2) is 71.8 Å². The molecule has 0 amide bonds. The van der Waals surface area contributed by atoms with Gasteiger partial charge in [-0.2, -0.15) is 9.40 Å². The molecule has 1 aliphatic rings. The number of nitrogens with zero attached hydrogens (tertiary/aromatic N) is 3. The third kappa shape index (κ3) is 5.75. The second kappa shape index (κ2) is 11.5. The molecular weight excluding hydrogens is 481 g/mol. The van der Waals surface area contributed by atoms with E-state index >= 15 is 0 Å². The van der Waals surface area contributed by atoms with Gasteiger partial charge in [0.25, 0.3) is 0 Å². The van der Waals surface area contributed by atoms with Crippen molar-refractivity contribution in [2.24, 2.45) is 5.41 Å². The van der Waals surface area contributed by atoms with Crippen LogP contribution in [0.2, 0.25) is 0 Å². The van der Waals surface area contributed by atoms with Gasteiger partial charge in [-0.1, -0.05) is 31.2 Å². The van der Waals surface area contributed by atoms with Crippen LogP contribution in [-0.2, 0) is 25.9 Å². The third-order valence-electron chi connectivity index (χ3n) is 6.26. The Morgan fingerprint density at radius 3 is 2.56 bits per heavy atom. The van der Waals surface area contributed by atoms with Crippen molar-refractivity contribution in [1.82, 2.24) is 14.1 Å². The molecule has 192 valence electrons. The van der Waals surface area contributed by atoms with Crippen LogP contribution >= 0.6 is 0 Å². The molecule has 9 heteroatoms. The quantitative estimate of drug-likeness (QED) is 0.337. The lowest BCUT2D eigenvalue weighted by Crippen LogP contribution is -2.45. The molecule has 1 aromatic heterocycles. The summed E-state index contributed by atoms with van der Waals surface area (Å²) in [4.78, 5) is 0.276. The maximum Gasteiger partial charge on any atom is 0.243 e. The summed E-state index contributed by atoms with van der Waals surface area (Å²) in [6, 6.07) is 14.7. The SMILES string of the molecule is CCCN(C[C@]1(COCCOC)C=Cc2c(cnn2-c2ccc(F)cc2)C1)S(=O)(=O)c1ccccc1. The smallest absolute Gasteiger partial charge is 0.243 e. The number of benzene rings is 2. The molecule has 0 fully saturated rings. The van der Waals surface area contributed by atoms with Crippen LogP contribution < -0.4 is 0 Å². The van der Waals surface area contributed by atoms with Crippen LogP contribution in [0.5, 0.6) is 0 Å². The Labute approximate surface area is 212 Å². The number of hydrogen-bond donors (Lipinski definition) is 0. The van der Waals surface area contributed by atoms with Crippen molar-refractivity contribution in [2.75, 3.05) is 40.0 Å². The number of fused-ring (bicyclic) bond motifs is 1. The van der Waals surface area contributed by atoms with Gasteiger partial charge in [-0.25, -0.2) is 17.5 Å². The molecule has 1 heterocycles. The molecule has 0 saturated heterocycles. The van der Waals surface area contributed by atoms with Crippen LogP contribution in [0.3, 0.4) is 0 Å². The fourth-order valence-electron chi connectivity index (χ4n) is 4.49. The number of halogens is 1. The summed E-state index contributed by atoms with van der Waals surface area (Å²) in [5.74, 6) is -0.307. The van der Waals surface area contributed by atoms with Gasteiger partial charge in [0.05, 0.1) is 42.3 Å². The second-order valence-electron chi connectivity index (χ2n) is 9.01. The Kier molecular flexibility index (Phi) is 8.35. The molecular formula is C27H32FN3O4S. The van der Waals surface area contributed by atoms with E-state index in [1.807, 2.05) is 19.1 Å². The third-order valence-corrected chi connectivity index (χ3v) is 8.12. The lowest BCUT2D eigenvalue weighted by molar-refractivity contribution is 0.0256. The zero-order chi connectivity index (χ0) is 25.6. The van der Waals surface area contributed by atoms with Gasteiger partial charge in [-0.05, 0) is 60.9 Å². The molecule has 7 nitrogen and oxygen atoms in total. The van der Waals surface area contributed by atoms with Crippen LogP contribution in [0.4, 0.5) is 4.39 Å². The summed E-state index contributed by atoms with van der Waals surface area (Å²) >= 11 is 0. The molecule has 0 spiro atoms. The largest absolute Gasteiger partial charge is 0.382 e. The van der Waals surface area contributed by atoms with Gasteiger partial charge in [0.15, 0.2) is 0 Å². The van der Waals surface area contributed by atoms with Crippen LogP contribution in [0.25, 0.3) is 11.8 Å². The summed E-state index contributed by atoms with van der Waals surface area (Å²) < 4.78 is 55.0. The first-order valence-electron chi connectivity index (χ1n) is 12.0. The predicted octanol–water partition coefficient (Wildman–Crippen LogP) is 4.33. The van der Waals surface area contributed by atoms with Crippen molar-refractivity contribution in [3.8, 4) is 5.69 Å². The number of ether oxygens (including phenoxy) is 2. The maximum atomic E-state index is 13.6. The molecule has 0 radical (unpaired) electrons. The van der Waals surface area contributed by atoms with E-state index in [1.165, 1.54) is 12.1 Å². The van der Waals surface area contributed by atoms with Crippen LogP contribution in [0, 0.1) is 11.2 Å². The van der Waals surface area contributed by atoms with Crippen molar-refractivity contribution < 1.29 is 22.3 Å². The summed E-state index contributed by atoms with van der Waals surface area (Å²) in [6.07, 6.45) is 7.03. The predicted molar refractivity (Wildman–Crippen MR) is 137 cm³/mol. The van der Waals surface area contributed by atoms with E-state index in [2.05, 4.69) is 5.10 Å². The van der Waals surface area contributed by atoms with E-state index in [-0.39, 0.29) is 17.3 Å². The summed E-state index contributed by atoms with van der Waals surface area (Å²) in [5.41, 5.74) is 2.03. The Bertz CT molecular complexity index is 1280. The minimum absolute atomic E-state index is 0.267. The van der Waals surface area contributed by atoms with E-state index < -0.39 is 15.4 Å². The monoisotopic (exact) mass is 513 g/mol. The van der Waals surface area contributed by atoms with Gasteiger partial charge in [-0.3, -0.25) is 0 Å². The molecule has 0 saturated carbocycles. The highest BCUT2D eigenvalue weighted by Gasteiger charge is 2.38. The standard InChI is InChI=1S/C27H32FN3O4S/c1-3-15-30(36(32,33)25-7-5-4-6-8-25)20-27(21-35-17-16-34-2)14-13-26-22(18-27)19-29-31(26)24-11-9-23(28)10-12-24/h4-14,19H,3,15-18,20-21H2,1-2H3/t27-/m0/s1. The van der Waals surface area contributed by atoms with E-state index in [0.717, 1.165) is 16.9 Å².